The molecule has 0 aromatic carbocycles. The van der Waals surface area contributed by atoms with Crippen LogP contribution in [0, 0.1) is 5.41 Å². The van der Waals surface area contributed by atoms with Crippen molar-refractivity contribution in [1.29, 1.82) is 0 Å². The van der Waals surface area contributed by atoms with Crippen molar-refractivity contribution in [2.24, 2.45) is 5.41 Å². The van der Waals surface area contributed by atoms with Crippen LogP contribution in [0.5, 0.6) is 0 Å². The second-order valence-corrected chi connectivity index (χ2v) is 5.84. The summed E-state index contributed by atoms with van der Waals surface area (Å²) in [5.41, 5.74) is 0.238. The molecule has 2 unspecified atom stereocenters. The molecule has 0 amide bonds. The SMILES string of the molecule is O=c1ccncn1C1CC(O)CCC12CCCC2. The van der Waals surface area contributed by atoms with Gasteiger partial charge in [0.25, 0.3) is 5.56 Å². The normalized spacial score (nSPS) is 30.7. The summed E-state index contributed by atoms with van der Waals surface area (Å²) in [6.07, 6.45) is 10.4. The summed E-state index contributed by atoms with van der Waals surface area (Å²) in [5.74, 6) is 0. The summed E-state index contributed by atoms with van der Waals surface area (Å²) in [6, 6.07) is 1.65. The van der Waals surface area contributed by atoms with Crippen LogP contribution < -0.4 is 5.56 Å². The second-order valence-electron chi connectivity index (χ2n) is 5.84. The Morgan fingerprint density at radius 3 is 2.83 bits per heavy atom. The maximum atomic E-state index is 12.0. The van der Waals surface area contributed by atoms with Crippen LogP contribution in [0.3, 0.4) is 0 Å². The van der Waals surface area contributed by atoms with Crippen molar-refractivity contribution >= 4 is 0 Å². The van der Waals surface area contributed by atoms with Crippen LogP contribution in [0.4, 0.5) is 0 Å². The molecular formula is C14H20N2O2. The minimum absolute atomic E-state index is 0.00961. The summed E-state index contributed by atoms with van der Waals surface area (Å²) in [5, 5.41) is 9.94. The molecule has 4 heteroatoms. The molecule has 1 aromatic heterocycles. The fourth-order valence-corrected chi connectivity index (χ4v) is 3.91. The fourth-order valence-electron chi connectivity index (χ4n) is 3.91. The van der Waals surface area contributed by atoms with Crippen LogP contribution in [0.25, 0.3) is 0 Å². The Morgan fingerprint density at radius 1 is 1.33 bits per heavy atom. The number of aliphatic hydroxyl groups is 1. The number of rotatable bonds is 1. The first-order chi connectivity index (χ1) is 8.71. The molecule has 98 valence electrons. The zero-order chi connectivity index (χ0) is 12.6. The molecule has 0 aliphatic heterocycles. The molecule has 3 rings (SSSR count). The molecule has 2 atom stereocenters. The Bertz CT molecular complexity index is 477. The molecule has 2 fully saturated rings. The van der Waals surface area contributed by atoms with Crippen LogP contribution in [-0.4, -0.2) is 20.8 Å². The lowest BCUT2D eigenvalue weighted by atomic mass is 9.68. The average Bonchev–Trinajstić information content (AvgIpc) is 2.83. The van der Waals surface area contributed by atoms with Crippen molar-refractivity contribution in [2.75, 3.05) is 0 Å². The summed E-state index contributed by atoms with van der Waals surface area (Å²) >= 11 is 0. The smallest absolute Gasteiger partial charge is 0.253 e. The molecule has 2 saturated carbocycles. The van der Waals surface area contributed by atoms with E-state index in [0.717, 1.165) is 12.8 Å². The van der Waals surface area contributed by atoms with Gasteiger partial charge in [-0.2, -0.15) is 0 Å². The predicted octanol–water partition coefficient (Wildman–Crippen LogP) is 1.89. The standard InChI is InChI=1S/C14H20N2O2/c17-11-3-7-14(5-1-2-6-14)12(9-11)16-10-15-8-4-13(16)18/h4,8,10-12,17H,1-3,5-7,9H2. The second kappa shape index (κ2) is 4.50. The molecule has 0 radical (unpaired) electrons. The highest BCUT2D eigenvalue weighted by molar-refractivity contribution is 5.00. The van der Waals surface area contributed by atoms with Gasteiger partial charge in [0.05, 0.1) is 12.4 Å². The van der Waals surface area contributed by atoms with Crippen molar-refractivity contribution in [1.82, 2.24) is 9.55 Å². The van der Waals surface area contributed by atoms with Gasteiger partial charge in [-0.3, -0.25) is 9.36 Å². The van der Waals surface area contributed by atoms with Crippen molar-refractivity contribution < 1.29 is 5.11 Å². The fraction of sp³-hybridized carbons (Fsp3) is 0.714. The van der Waals surface area contributed by atoms with Crippen molar-refractivity contribution in [2.45, 2.75) is 57.1 Å². The molecule has 1 heterocycles. The summed E-state index contributed by atoms with van der Waals surface area (Å²) in [6.45, 7) is 0. The van der Waals surface area contributed by atoms with Gasteiger partial charge in [-0.05, 0) is 37.5 Å². The molecule has 1 aromatic rings. The van der Waals surface area contributed by atoms with Crippen LogP contribution in [-0.2, 0) is 0 Å². The highest BCUT2D eigenvalue weighted by Crippen LogP contribution is 2.54. The third-order valence-corrected chi connectivity index (χ3v) is 4.86. The van der Waals surface area contributed by atoms with E-state index in [2.05, 4.69) is 4.98 Å². The lowest BCUT2D eigenvalue weighted by molar-refractivity contribution is 0.0157. The molecule has 0 saturated heterocycles. The summed E-state index contributed by atoms with van der Waals surface area (Å²) in [7, 11) is 0. The molecule has 4 nitrogen and oxygen atoms in total. The van der Waals surface area contributed by atoms with Crippen LogP contribution in [0.2, 0.25) is 0 Å². The number of nitrogens with zero attached hydrogens (tertiary/aromatic N) is 2. The van der Waals surface area contributed by atoms with Crippen LogP contribution in [0.15, 0.2) is 23.4 Å². The zero-order valence-electron chi connectivity index (χ0n) is 10.6. The van der Waals surface area contributed by atoms with E-state index in [1.807, 2.05) is 0 Å². The first-order valence-electron chi connectivity index (χ1n) is 6.91. The predicted molar refractivity (Wildman–Crippen MR) is 68.3 cm³/mol. The van der Waals surface area contributed by atoms with Gasteiger partial charge in [-0.15, -0.1) is 0 Å². The molecule has 1 spiro atoms. The Hall–Kier alpha value is -1.16. The van der Waals surface area contributed by atoms with Gasteiger partial charge in [-0.25, -0.2) is 4.98 Å². The Labute approximate surface area is 107 Å². The maximum Gasteiger partial charge on any atom is 0.253 e. The van der Waals surface area contributed by atoms with E-state index in [-0.39, 0.29) is 23.1 Å². The van der Waals surface area contributed by atoms with E-state index >= 15 is 0 Å². The maximum absolute atomic E-state index is 12.0. The molecule has 1 N–H and O–H groups in total. The number of hydrogen-bond donors (Lipinski definition) is 1. The molecule has 2 aliphatic carbocycles. The van der Waals surface area contributed by atoms with Gasteiger partial charge in [0.15, 0.2) is 0 Å². The van der Waals surface area contributed by atoms with Gasteiger partial charge in [-0.1, -0.05) is 12.8 Å². The minimum atomic E-state index is -0.270. The molecule has 18 heavy (non-hydrogen) atoms. The molecular weight excluding hydrogens is 228 g/mol. The van der Waals surface area contributed by atoms with Crippen molar-refractivity contribution in [3.63, 3.8) is 0 Å². The highest BCUT2D eigenvalue weighted by atomic mass is 16.3. The largest absolute Gasteiger partial charge is 0.393 e. The summed E-state index contributed by atoms with van der Waals surface area (Å²) in [4.78, 5) is 16.1. The highest BCUT2D eigenvalue weighted by Gasteiger charge is 2.45. The third kappa shape index (κ3) is 1.88. The Morgan fingerprint density at radius 2 is 2.11 bits per heavy atom. The van der Waals surface area contributed by atoms with Crippen LogP contribution >= 0.6 is 0 Å². The van der Waals surface area contributed by atoms with E-state index in [1.165, 1.54) is 31.7 Å². The van der Waals surface area contributed by atoms with Gasteiger partial charge in [0.1, 0.15) is 0 Å². The van der Waals surface area contributed by atoms with Crippen molar-refractivity contribution in [3.05, 3.63) is 28.9 Å². The zero-order valence-corrected chi connectivity index (χ0v) is 10.6. The van der Waals surface area contributed by atoms with Gasteiger partial charge in [0.2, 0.25) is 0 Å². The van der Waals surface area contributed by atoms with E-state index < -0.39 is 0 Å². The van der Waals surface area contributed by atoms with Crippen molar-refractivity contribution in [3.8, 4) is 0 Å². The Balaban J connectivity index is 2.00. The lowest BCUT2D eigenvalue weighted by Gasteiger charge is -2.44. The van der Waals surface area contributed by atoms with E-state index in [1.54, 1.807) is 17.1 Å². The number of aliphatic hydroxyl groups excluding tert-OH is 1. The van der Waals surface area contributed by atoms with E-state index in [4.69, 9.17) is 0 Å². The first kappa shape index (κ1) is 11.9. The monoisotopic (exact) mass is 248 g/mol. The number of aromatic nitrogens is 2. The average molecular weight is 248 g/mol. The molecule has 0 bridgehead atoms. The topological polar surface area (TPSA) is 55.1 Å². The van der Waals surface area contributed by atoms with Crippen LogP contribution in [0.1, 0.15) is 51.0 Å². The number of hydrogen-bond acceptors (Lipinski definition) is 3. The van der Waals surface area contributed by atoms with Gasteiger partial charge in [0, 0.05) is 18.3 Å². The quantitative estimate of drug-likeness (QED) is 0.825. The summed E-state index contributed by atoms with van der Waals surface area (Å²) < 4.78 is 1.76. The third-order valence-electron chi connectivity index (χ3n) is 4.86. The minimum Gasteiger partial charge on any atom is -0.393 e. The first-order valence-corrected chi connectivity index (χ1v) is 6.91. The van der Waals surface area contributed by atoms with Gasteiger partial charge < -0.3 is 5.11 Å². The lowest BCUT2D eigenvalue weighted by Crippen LogP contribution is -2.41. The van der Waals surface area contributed by atoms with E-state index in [0.29, 0.717) is 6.42 Å². The van der Waals surface area contributed by atoms with E-state index in [9.17, 15) is 9.90 Å². The molecule has 2 aliphatic rings. The Kier molecular flexibility index (Phi) is 2.98. The van der Waals surface area contributed by atoms with Gasteiger partial charge >= 0.3 is 0 Å².